The fraction of sp³-hybridized carbons (Fsp3) is 0.269. The zero-order valence-corrected chi connectivity index (χ0v) is 20.0. The van der Waals surface area contributed by atoms with Gasteiger partial charge in [0.2, 0.25) is 0 Å². The number of carbonyl (C=O) groups excluding carboxylic acids is 1. The van der Waals surface area contributed by atoms with Crippen LogP contribution in [0.3, 0.4) is 0 Å². The van der Waals surface area contributed by atoms with Crippen LogP contribution in [0, 0.1) is 0 Å². The molecule has 8 heteroatoms. The molecule has 1 aliphatic carbocycles. The van der Waals surface area contributed by atoms with E-state index in [1.165, 1.54) is 11.3 Å². The molecule has 2 aromatic carbocycles. The topological polar surface area (TPSA) is 79.1 Å². The molecule has 0 spiro atoms. The van der Waals surface area contributed by atoms with E-state index >= 15 is 0 Å². The molecular formula is C26H24N2O5S. The minimum Gasteiger partial charge on any atom is -0.497 e. The van der Waals surface area contributed by atoms with Crippen LogP contribution in [0.15, 0.2) is 63.5 Å². The van der Waals surface area contributed by atoms with Crippen LogP contribution in [0.4, 0.5) is 0 Å². The lowest BCUT2D eigenvalue weighted by atomic mass is 9.86. The number of ether oxygens (including phenoxy) is 3. The van der Waals surface area contributed by atoms with Crippen LogP contribution in [-0.4, -0.2) is 31.7 Å². The molecule has 0 saturated heterocycles. The Morgan fingerprint density at radius 2 is 1.71 bits per heavy atom. The molecule has 3 aromatic rings. The summed E-state index contributed by atoms with van der Waals surface area (Å²) in [5.41, 5.74) is 2.83. The van der Waals surface area contributed by atoms with Crippen molar-refractivity contribution in [3.63, 3.8) is 0 Å². The van der Waals surface area contributed by atoms with Gasteiger partial charge in [-0.25, -0.2) is 4.99 Å². The van der Waals surface area contributed by atoms with E-state index in [9.17, 15) is 9.59 Å². The smallest absolute Gasteiger partial charge is 0.271 e. The number of Topliss-reactive ketones (excluding diaryl/α,β-unsaturated/α-hetero) is 1. The Kier molecular flexibility index (Phi) is 5.83. The number of aromatic nitrogens is 1. The van der Waals surface area contributed by atoms with Crippen LogP contribution in [0.5, 0.6) is 17.2 Å². The molecule has 7 nitrogen and oxygen atoms in total. The maximum Gasteiger partial charge on any atom is 0.271 e. The summed E-state index contributed by atoms with van der Waals surface area (Å²) in [6, 6.07) is 12.5. The first-order valence-corrected chi connectivity index (χ1v) is 11.8. The molecule has 0 amide bonds. The average Bonchev–Trinajstić information content (AvgIpc) is 3.17. The predicted molar refractivity (Wildman–Crippen MR) is 129 cm³/mol. The minimum absolute atomic E-state index is 0.0527. The molecule has 5 rings (SSSR count). The summed E-state index contributed by atoms with van der Waals surface area (Å²) < 4.78 is 18.2. The van der Waals surface area contributed by atoms with Crippen molar-refractivity contribution in [1.29, 1.82) is 0 Å². The van der Waals surface area contributed by atoms with Gasteiger partial charge in [0, 0.05) is 23.6 Å². The van der Waals surface area contributed by atoms with Gasteiger partial charge in [0.05, 0.1) is 37.6 Å². The lowest BCUT2D eigenvalue weighted by Crippen LogP contribution is -2.40. The second kappa shape index (κ2) is 8.95. The van der Waals surface area contributed by atoms with E-state index in [2.05, 4.69) is 0 Å². The Labute approximate surface area is 200 Å². The number of nitrogens with zero attached hydrogens (tertiary/aromatic N) is 2. The SMILES string of the molecule is COc1ccc(C2C3=C(CCCC3=O)N=c3sc(=Cc4ccc(OC)cc4OC)c(=O)n32)cc1. The van der Waals surface area contributed by atoms with Gasteiger partial charge in [0.1, 0.15) is 17.2 Å². The molecule has 2 heterocycles. The second-order valence-corrected chi connectivity index (χ2v) is 9.11. The van der Waals surface area contributed by atoms with Gasteiger partial charge in [0.25, 0.3) is 5.56 Å². The maximum atomic E-state index is 13.7. The summed E-state index contributed by atoms with van der Waals surface area (Å²) in [4.78, 5) is 32.1. The van der Waals surface area contributed by atoms with Crippen molar-refractivity contribution in [2.75, 3.05) is 21.3 Å². The standard InChI is InChI=1S/C26H24N2O5S/c1-31-17-10-7-15(8-11-17)24-23-19(5-4-6-20(23)29)27-26-28(24)25(30)22(34-26)13-16-9-12-18(32-2)14-21(16)33-3/h7-14,24H,4-6H2,1-3H3. The van der Waals surface area contributed by atoms with E-state index in [1.54, 1.807) is 38.0 Å². The van der Waals surface area contributed by atoms with Gasteiger partial charge in [0.15, 0.2) is 10.6 Å². The summed E-state index contributed by atoms with van der Waals surface area (Å²) in [5, 5.41) is 0. The predicted octanol–water partition coefficient (Wildman–Crippen LogP) is 2.99. The fourth-order valence-electron chi connectivity index (χ4n) is 4.49. The molecule has 1 aliphatic heterocycles. The minimum atomic E-state index is -0.509. The molecule has 2 aliphatic rings. The number of thiazole rings is 1. The third-order valence-corrected chi connectivity index (χ3v) is 7.17. The number of fused-ring (bicyclic) bond motifs is 1. The number of methoxy groups -OCH3 is 3. The summed E-state index contributed by atoms with van der Waals surface area (Å²) in [7, 11) is 4.78. The van der Waals surface area contributed by atoms with E-state index in [0.717, 1.165) is 29.7 Å². The van der Waals surface area contributed by atoms with Gasteiger partial charge in [-0.1, -0.05) is 23.5 Å². The van der Waals surface area contributed by atoms with Gasteiger partial charge in [-0.2, -0.15) is 0 Å². The average molecular weight is 477 g/mol. The van der Waals surface area contributed by atoms with E-state index in [4.69, 9.17) is 19.2 Å². The Morgan fingerprint density at radius 3 is 2.41 bits per heavy atom. The van der Waals surface area contributed by atoms with Crippen LogP contribution < -0.4 is 29.1 Å². The van der Waals surface area contributed by atoms with E-state index < -0.39 is 6.04 Å². The Balaban J connectivity index is 1.72. The number of rotatable bonds is 5. The van der Waals surface area contributed by atoms with Crippen LogP contribution >= 0.6 is 11.3 Å². The summed E-state index contributed by atoms with van der Waals surface area (Å²) in [6.45, 7) is 0. The van der Waals surface area contributed by atoms with Crippen molar-refractivity contribution in [3.05, 3.63) is 84.5 Å². The maximum absolute atomic E-state index is 13.7. The normalized spacial score (nSPS) is 17.7. The Hall–Kier alpha value is -3.65. The molecule has 1 atom stereocenters. The molecule has 0 saturated carbocycles. The quantitative estimate of drug-likeness (QED) is 0.566. The third kappa shape index (κ3) is 3.74. The molecular weight excluding hydrogens is 452 g/mol. The number of benzene rings is 2. The van der Waals surface area contributed by atoms with Crippen molar-refractivity contribution in [1.82, 2.24) is 4.57 Å². The van der Waals surface area contributed by atoms with Crippen molar-refractivity contribution in [3.8, 4) is 17.2 Å². The van der Waals surface area contributed by atoms with Crippen LogP contribution in [-0.2, 0) is 4.79 Å². The largest absolute Gasteiger partial charge is 0.497 e. The lowest BCUT2D eigenvalue weighted by molar-refractivity contribution is -0.116. The molecule has 1 unspecified atom stereocenters. The molecule has 0 bridgehead atoms. The highest BCUT2D eigenvalue weighted by atomic mass is 32.1. The van der Waals surface area contributed by atoms with E-state index in [0.29, 0.717) is 38.6 Å². The number of allylic oxidation sites excluding steroid dienone is 2. The van der Waals surface area contributed by atoms with E-state index in [1.807, 2.05) is 36.4 Å². The molecule has 174 valence electrons. The van der Waals surface area contributed by atoms with Gasteiger partial charge in [-0.15, -0.1) is 0 Å². The molecule has 1 aromatic heterocycles. The van der Waals surface area contributed by atoms with Gasteiger partial charge < -0.3 is 14.2 Å². The van der Waals surface area contributed by atoms with Crippen LogP contribution in [0.2, 0.25) is 0 Å². The zero-order valence-electron chi connectivity index (χ0n) is 19.2. The number of hydrogen-bond donors (Lipinski definition) is 0. The molecule has 34 heavy (non-hydrogen) atoms. The highest BCUT2D eigenvalue weighted by molar-refractivity contribution is 7.07. The first-order valence-electron chi connectivity index (χ1n) is 11.0. The van der Waals surface area contributed by atoms with Crippen LogP contribution in [0.1, 0.15) is 36.4 Å². The van der Waals surface area contributed by atoms with E-state index in [-0.39, 0.29) is 11.3 Å². The van der Waals surface area contributed by atoms with Crippen molar-refractivity contribution in [2.24, 2.45) is 4.99 Å². The Bertz CT molecular complexity index is 1480. The summed E-state index contributed by atoms with van der Waals surface area (Å²) in [5.74, 6) is 2.04. The van der Waals surface area contributed by atoms with Crippen molar-refractivity contribution < 1.29 is 19.0 Å². The lowest BCUT2D eigenvalue weighted by Gasteiger charge is -2.28. The third-order valence-electron chi connectivity index (χ3n) is 6.19. The number of ketones is 1. The van der Waals surface area contributed by atoms with Gasteiger partial charge >= 0.3 is 0 Å². The second-order valence-electron chi connectivity index (χ2n) is 8.10. The molecule has 0 N–H and O–H groups in total. The first-order chi connectivity index (χ1) is 16.5. The fourth-order valence-corrected chi connectivity index (χ4v) is 5.50. The van der Waals surface area contributed by atoms with Crippen molar-refractivity contribution >= 4 is 23.2 Å². The van der Waals surface area contributed by atoms with Gasteiger partial charge in [-0.05, 0) is 48.7 Å². The summed E-state index contributed by atoms with van der Waals surface area (Å²) >= 11 is 1.32. The molecule has 0 fully saturated rings. The monoisotopic (exact) mass is 476 g/mol. The Morgan fingerprint density at radius 1 is 0.971 bits per heavy atom. The highest BCUT2D eigenvalue weighted by Gasteiger charge is 2.35. The zero-order chi connectivity index (χ0) is 23.8. The van der Waals surface area contributed by atoms with Gasteiger partial charge in [-0.3, -0.25) is 14.2 Å². The molecule has 0 radical (unpaired) electrons. The number of carbonyl (C=O) groups is 1. The summed E-state index contributed by atoms with van der Waals surface area (Å²) in [6.07, 6.45) is 3.77. The number of hydrogen-bond acceptors (Lipinski definition) is 7. The van der Waals surface area contributed by atoms with Crippen molar-refractivity contribution in [2.45, 2.75) is 25.3 Å². The first kappa shape index (κ1) is 22.2. The highest BCUT2D eigenvalue weighted by Crippen LogP contribution is 2.36. The van der Waals surface area contributed by atoms with Crippen LogP contribution in [0.25, 0.3) is 6.08 Å².